The van der Waals surface area contributed by atoms with Gasteiger partial charge in [-0.3, -0.25) is 5.01 Å². The molecule has 1 aromatic rings. The van der Waals surface area contributed by atoms with Gasteiger partial charge in [-0.25, -0.2) is 20.2 Å². The lowest BCUT2D eigenvalue weighted by Gasteiger charge is -2.28. The van der Waals surface area contributed by atoms with Crippen LogP contribution in [-0.2, 0) is 0 Å². The smallest absolute Gasteiger partial charge is 0.240 e. The van der Waals surface area contributed by atoms with E-state index in [-0.39, 0.29) is 5.92 Å². The number of nitrogens with two attached hydrogens (primary N) is 3. The molecule has 7 nitrogen and oxygen atoms in total. The molecule has 3 aliphatic rings. The third kappa shape index (κ3) is 7.31. The maximum atomic E-state index is 14.0. The zero-order chi connectivity index (χ0) is 24.4. The molecule has 1 saturated carbocycles. The van der Waals surface area contributed by atoms with Crippen molar-refractivity contribution in [1.29, 1.82) is 0 Å². The second-order valence-corrected chi connectivity index (χ2v) is 8.41. The number of rotatable bonds is 6. The summed E-state index contributed by atoms with van der Waals surface area (Å²) < 4.78 is 14.0. The van der Waals surface area contributed by atoms with Gasteiger partial charge >= 0.3 is 0 Å². The summed E-state index contributed by atoms with van der Waals surface area (Å²) in [5.41, 5.74) is 13.3. The maximum Gasteiger partial charge on any atom is 0.240 e. The number of alkyl halides is 1. The normalized spacial score (nSPS) is 24.0. The first-order valence-electron chi connectivity index (χ1n) is 11.6. The number of fused-ring (bicyclic) bond motifs is 1. The van der Waals surface area contributed by atoms with Crippen LogP contribution in [0.3, 0.4) is 0 Å². The molecule has 0 radical (unpaired) electrons. The number of likely N-dealkylation sites (tertiary alicyclic amines) is 1. The van der Waals surface area contributed by atoms with Crippen molar-refractivity contribution < 1.29 is 4.39 Å². The van der Waals surface area contributed by atoms with Crippen molar-refractivity contribution >= 4 is 24.3 Å². The Kier molecular flexibility index (Phi) is 10.4. The number of aromatic nitrogens is 2. The number of allylic oxidation sites excluding steroid dienone is 3. The van der Waals surface area contributed by atoms with Gasteiger partial charge in [-0.2, -0.15) is 12.6 Å². The highest BCUT2D eigenvalue weighted by atomic mass is 32.1. The molecule has 0 amide bonds. The molecule has 6 N–H and O–H groups in total. The van der Waals surface area contributed by atoms with Crippen molar-refractivity contribution in [2.24, 2.45) is 23.2 Å². The quantitative estimate of drug-likeness (QED) is 0.283. The SMILES string of the molecule is C=CS.CC.N/C(C1=CC2CC2(F)C=C1)=C(\N)c1ccnc(N(N)CCN2CCCCC2)n1. The molecular formula is C24H38FN7S. The molecule has 2 atom stereocenters. The van der Waals surface area contributed by atoms with Crippen LogP contribution in [0.25, 0.3) is 5.70 Å². The molecule has 0 spiro atoms. The highest BCUT2D eigenvalue weighted by Crippen LogP contribution is 2.52. The number of hydrazine groups is 1. The average Bonchev–Trinajstić information content (AvgIpc) is 3.54. The zero-order valence-electron chi connectivity index (χ0n) is 19.8. The average molecular weight is 476 g/mol. The number of piperidine rings is 1. The molecule has 9 heteroatoms. The number of nitrogens with zero attached hydrogens (tertiary/aromatic N) is 4. The summed E-state index contributed by atoms with van der Waals surface area (Å²) >= 11 is 3.55. The predicted molar refractivity (Wildman–Crippen MR) is 139 cm³/mol. The van der Waals surface area contributed by atoms with E-state index in [4.69, 9.17) is 17.3 Å². The molecule has 2 aliphatic carbocycles. The third-order valence-electron chi connectivity index (χ3n) is 5.79. The van der Waals surface area contributed by atoms with Gasteiger partial charge in [0, 0.05) is 25.2 Å². The Morgan fingerprint density at radius 1 is 1.30 bits per heavy atom. The van der Waals surface area contributed by atoms with Crippen LogP contribution in [0, 0.1) is 5.92 Å². The van der Waals surface area contributed by atoms with Crippen LogP contribution in [-0.4, -0.2) is 46.7 Å². The van der Waals surface area contributed by atoms with E-state index in [2.05, 4.69) is 34.1 Å². The minimum atomic E-state index is -1.19. The summed E-state index contributed by atoms with van der Waals surface area (Å²) in [5.74, 6) is 6.47. The van der Waals surface area contributed by atoms with Crippen molar-refractivity contribution in [1.82, 2.24) is 14.9 Å². The first-order chi connectivity index (χ1) is 15.9. The van der Waals surface area contributed by atoms with E-state index in [0.29, 0.717) is 36.0 Å². The minimum absolute atomic E-state index is 0.103. The lowest BCUT2D eigenvalue weighted by Crippen LogP contribution is -2.41. The molecule has 1 aromatic heterocycles. The summed E-state index contributed by atoms with van der Waals surface area (Å²) in [6.45, 7) is 11.0. The number of anilines is 1. The van der Waals surface area contributed by atoms with Crippen molar-refractivity contribution in [2.75, 3.05) is 31.2 Å². The van der Waals surface area contributed by atoms with E-state index in [1.165, 1.54) is 24.7 Å². The van der Waals surface area contributed by atoms with Crippen molar-refractivity contribution in [3.63, 3.8) is 0 Å². The third-order valence-corrected chi connectivity index (χ3v) is 5.79. The van der Waals surface area contributed by atoms with Gasteiger partial charge in [-0.05, 0) is 55.5 Å². The molecule has 1 aliphatic heterocycles. The molecule has 4 rings (SSSR count). The summed E-state index contributed by atoms with van der Waals surface area (Å²) in [6, 6.07) is 1.70. The van der Waals surface area contributed by atoms with Crippen LogP contribution in [0.4, 0.5) is 10.3 Å². The molecule has 2 unspecified atom stereocenters. The van der Waals surface area contributed by atoms with E-state index < -0.39 is 5.67 Å². The van der Waals surface area contributed by atoms with Crippen LogP contribution in [0.1, 0.15) is 45.2 Å². The van der Waals surface area contributed by atoms with Gasteiger partial charge in [0.15, 0.2) is 0 Å². The van der Waals surface area contributed by atoms with Gasteiger partial charge in [0.25, 0.3) is 0 Å². The number of hydrogen-bond acceptors (Lipinski definition) is 8. The number of halogens is 1. The molecule has 2 heterocycles. The summed E-state index contributed by atoms with van der Waals surface area (Å²) in [4.78, 5) is 11.1. The van der Waals surface area contributed by atoms with Crippen molar-refractivity contribution in [3.05, 3.63) is 59.4 Å². The van der Waals surface area contributed by atoms with E-state index in [1.54, 1.807) is 29.4 Å². The van der Waals surface area contributed by atoms with E-state index in [0.717, 1.165) is 25.2 Å². The fourth-order valence-corrected chi connectivity index (χ4v) is 3.81. The van der Waals surface area contributed by atoms with E-state index in [1.807, 2.05) is 19.9 Å². The monoisotopic (exact) mass is 475 g/mol. The van der Waals surface area contributed by atoms with Gasteiger partial charge in [0.2, 0.25) is 5.95 Å². The van der Waals surface area contributed by atoms with Gasteiger partial charge < -0.3 is 16.4 Å². The highest BCUT2D eigenvalue weighted by molar-refractivity contribution is 7.83. The molecule has 0 aromatic carbocycles. The Bertz CT molecular complexity index is 879. The van der Waals surface area contributed by atoms with Crippen LogP contribution in [0.5, 0.6) is 0 Å². The second kappa shape index (κ2) is 12.8. The fraction of sp³-hybridized carbons (Fsp3) is 0.500. The Hall–Kier alpha value is -2.36. The lowest BCUT2D eigenvalue weighted by atomic mass is 10.0. The highest BCUT2D eigenvalue weighted by Gasteiger charge is 2.53. The molecule has 2 fully saturated rings. The molecule has 182 valence electrons. The van der Waals surface area contributed by atoms with Gasteiger partial charge in [-0.15, -0.1) is 0 Å². The molecule has 33 heavy (non-hydrogen) atoms. The Morgan fingerprint density at radius 3 is 2.61 bits per heavy atom. The summed E-state index contributed by atoms with van der Waals surface area (Å²) in [6.07, 6.45) is 11.0. The minimum Gasteiger partial charge on any atom is -0.397 e. The largest absolute Gasteiger partial charge is 0.397 e. The van der Waals surface area contributed by atoms with Crippen LogP contribution in [0.15, 0.2) is 53.7 Å². The zero-order valence-corrected chi connectivity index (χ0v) is 20.6. The number of thiol groups is 1. The second-order valence-electron chi connectivity index (χ2n) is 8.04. The summed E-state index contributed by atoms with van der Waals surface area (Å²) in [7, 11) is 0. The Balaban J connectivity index is 0.000000714. The molecular weight excluding hydrogens is 437 g/mol. The van der Waals surface area contributed by atoms with Crippen LogP contribution in [0.2, 0.25) is 0 Å². The molecule has 1 saturated heterocycles. The van der Waals surface area contributed by atoms with Gasteiger partial charge in [0.05, 0.1) is 17.1 Å². The van der Waals surface area contributed by atoms with E-state index >= 15 is 0 Å². The molecule has 0 bridgehead atoms. The van der Waals surface area contributed by atoms with Crippen molar-refractivity contribution in [3.8, 4) is 0 Å². The predicted octanol–water partition coefficient (Wildman–Crippen LogP) is 3.54. The van der Waals surface area contributed by atoms with Crippen molar-refractivity contribution in [2.45, 2.75) is 45.2 Å². The Labute approximate surface area is 202 Å². The topological polar surface area (TPSA) is 110 Å². The summed E-state index contributed by atoms with van der Waals surface area (Å²) in [5, 5.41) is 2.99. The maximum absolute atomic E-state index is 14.0. The van der Waals surface area contributed by atoms with Gasteiger partial charge in [0.1, 0.15) is 5.67 Å². The standard InChI is InChI=1S/C20H28FN7.C2H4S.C2H6/c21-20-6-4-14(12-15(20)13-20)17(22)18(23)16-5-7-25-19(26-16)28(24)11-10-27-8-2-1-3-9-27;1-2-3;1-2/h4-7,12,15H,1-3,8-11,13,22-24H2;2-3H,1H2;1-2H3/b18-17-;;. The first-order valence-corrected chi connectivity index (χ1v) is 12.1. The van der Waals surface area contributed by atoms with Crippen LogP contribution < -0.4 is 22.3 Å². The van der Waals surface area contributed by atoms with Gasteiger partial charge in [-0.1, -0.05) is 39.0 Å². The Morgan fingerprint density at radius 2 is 1.97 bits per heavy atom. The van der Waals surface area contributed by atoms with E-state index in [9.17, 15) is 4.39 Å². The number of hydrogen-bond donors (Lipinski definition) is 4. The van der Waals surface area contributed by atoms with Crippen LogP contribution >= 0.6 is 12.6 Å². The first kappa shape index (κ1) is 26.9. The lowest BCUT2D eigenvalue weighted by molar-refractivity contribution is 0.233. The fourth-order valence-electron chi connectivity index (χ4n) is 3.81.